The standard InChI is InChI=1S/C30H46O5/c1-24(2)13-20-29(22(33)14-24)17-35-30(20)12-8-19-25(3)10-9-21(32)26(4,16-31)18(25)7-11-27(19,5)28(30,6)15-23(29)34/h18-20,22,31,33H,7-17H2,1-6H3/t18-,19-,20-,22+,25+,26+,27-,28+,29-,30+/m1/s1. The van der Waals surface area contributed by atoms with Gasteiger partial charge in [0, 0.05) is 24.2 Å². The second kappa shape index (κ2) is 6.80. The summed E-state index contributed by atoms with van der Waals surface area (Å²) in [5.74, 6) is 1.08. The largest absolute Gasteiger partial charge is 0.395 e. The van der Waals surface area contributed by atoms with Crippen LogP contribution in [0.25, 0.3) is 0 Å². The summed E-state index contributed by atoms with van der Waals surface area (Å²) >= 11 is 0. The van der Waals surface area contributed by atoms with Gasteiger partial charge >= 0.3 is 0 Å². The number of carbonyl (C=O) groups excluding carboxylic acids is 2. The predicted octanol–water partition coefficient (Wildman–Crippen LogP) is 4.71. The molecule has 0 aromatic carbocycles. The monoisotopic (exact) mass is 486 g/mol. The molecule has 0 unspecified atom stereocenters. The molecule has 6 fully saturated rings. The maximum absolute atomic E-state index is 14.1. The van der Waals surface area contributed by atoms with E-state index >= 15 is 0 Å². The molecule has 1 aliphatic heterocycles. The summed E-state index contributed by atoms with van der Waals surface area (Å²) in [6.07, 6.45) is 6.72. The molecule has 35 heavy (non-hydrogen) atoms. The van der Waals surface area contributed by atoms with Crippen molar-refractivity contribution < 1.29 is 24.5 Å². The van der Waals surface area contributed by atoms with Gasteiger partial charge in [-0.1, -0.05) is 41.5 Å². The first-order chi connectivity index (χ1) is 16.2. The maximum Gasteiger partial charge on any atom is 0.145 e. The number of carbonyl (C=O) groups is 2. The summed E-state index contributed by atoms with van der Waals surface area (Å²) in [5, 5.41) is 21.8. The molecule has 6 aliphatic rings. The van der Waals surface area contributed by atoms with Gasteiger partial charge in [-0.05, 0) is 73.0 Å². The van der Waals surface area contributed by atoms with E-state index in [-0.39, 0.29) is 57.3 Å². The van der Waals surface area contributed by atoms with Crippen LogP contribution < -0.4 is 0 Å². The molecule has 0 amide bonds. The number of ether oxygens (including phenoxy) is 1. The van der Waals surface area contributed by atoms with E-state index in [2.05, 4.69) is 34.6 Å². The quantitative estimate of drug-likeness (QED) is 0.561. The zero-order valence-corrected chi connectivity index (χ0v) is 22.7. The first-order valence-corrected chi connectivity index (χ1v) is 14.2. The lowest BCUT2D eigenvalue weighted by Crippen LogP contribution is -2.74. The third-order valence-electron chi connectivity index (χ3n) is 13.8. The van der Waals surface area contributed by atoms with E-state index in [9.17, 15) is 19.8 Å². The molecule has 10 atom stereocenters. The van der Waals surface area contributed by atoms with E-state index in [1.807, 2.05) is 6.92 Å². The smallest absolute Gasteiger partial charge is 0.145 e. The number of fused-ring (bicyclic) bond motifs is 4. The molecular weight excluding hydrogens is 440 g/mol. The molecule has 5 nitrogen and oxygen atoms in total. The molecule has 6 rings (SSSR count). The van der Waals surface area contributed by atoms with Crippen LogP contribution >= 0.6 is 0 Å². The molecule has 5 heteroatoms. The van der Waals surface area contributed by atoms with Gasteiger partial charge < -0.3 is 14.9 Å². The molecule has 1 saturated heterocycles. The van der Waals surface area contributed by atoms with Crippen molar-refractivity contribution in [1.82, 2.24) is 0 Å². The van der Waals surface area contributed by atoms with Gasteiger partial charge in [-0.2, -0.15) is 0 Å². The molecule has 0 radical (unpaired) electrons. The van der Waals surface area contributed by atoms with E-state index in [0.717, 1.165) is 38.5 Å². The van der Waals surface area contributed by atoms with Crippen LogP contribution in [0.1, 0.15) is 99.3 Å². The zero-order chi connectivity index (χ0) is 25.4. The molecule has 2 bridgehead atoms. The summed E-state index contributed by atoms with van der Waals surface area (Å²) in [6, 6.07) is 0. The van der Waals surface area contributed by atoms with Gasteiger partial charge in [0.2, 0.25) is 0 Å². The number of rotatable bonds is 1. The van der Waals surface area contributed by atoms with Crippen molar-refractivity contribution in [1.29, 1.82) is 0 Å². The Morgan fingerprint density at radius 1 is 0.886 bits per heavy atom. The molecule has 0 aromatic heterocycles. The van der Waals surface area contributed by atoms with Gasteiger partial charge in [-0.3, -0.25) is 9.59 Å². The molecule has 0 aromatic rings. The molecule has 5 aliphatic carbocycles. The number of aliphatic hydroxyl groups is 2. The van der Waals surface area contributed by atoms with Gasteiger partial charge in [0.25, 0.3) is 0 Å². The van der Waals surface area contributed by atoms with Crippen LogP contribution in [0, 0.1) is 50.2 Å². The van der Waals surface area contributed by atoms with E-state index in [1.54, 1.807) is 0 Å². The number of hydrogen-bond donors (Lipinski definition) is 2. The van der Waals surface area contributed by atoms with Crippen molar-refractivity contribution in [2.75, 3.05) is 13.2 Å². The lowest BCUT2D eigenvalue weighted by Gasteiger charge is -2.74. The second-order valence-corrected chi connectivity index (χ2v) is 15.4. The number of hydrogen-bond acceptors (Lipinski definition) is 5. The van der Waals surface area contributed by atoms with Crippen LogP contribution in [0.2, 0.25) is 0 Å². The Hall–Kier alpha value is -0.780. The van der Waals surface area contributed by atoms with E-state index in [4.69, 9.17) is 4.74 Å². The summed E-state index contributed by atoms with van der Waals surface area (Å²) < 4.78 is 6.93. The normalized spacial score (nSPS) is 58.7. The van der Waals surface area contributed by atoms with Crippen LogP contribution in [0.3, 0.4) is 0 Å². The number of ketones is 2. The van der Waals surface area contributed by atoms with Crippen LogP contribution in [-0.4, -0.2) is 46.7 Å². The van der Waals surface area contributed by atoms with Crippen molar-refractivity contribution in [2.45, 2.75) is 111 Å². The highest BCUT2D eigenvalue weighted by molar-refractivity contribution is 5.89. The molecule has 2 N–H and O–H groups in total. The average Bonchev–Trinajstić information content (AvgIpc) is 3.05. The highest BCUT2D eigenvalue weighted by atomic mass is 16.5. The average molecular weight is 487 g/mol. The molecule has 196 valence electrons. The Bertz CT molecular complexity index is 989. The third-order valence-corrected chi connectivity index (χ3v) is 13.8. The lowest BCUT2D eigenvalue weighted by molar-refractivity contribution is -0.279. The van der Waals surface area contributed by atoms with Crippen molar-refractivity contribution >= 4 is 11.6 Å². The fourth-order valence-corrected chi connectivity index (χ4v) is 11.8. The van der Waals surface area contributed by atoms with Gasteiger partial charge in [0.1, 0.15) is 11.6 Å². The molecule has 1 heterocycles. The Morgan fingerprint density at radius 3 is 2.26 bits per heavy atom. The first-order valence-electron chi connectivity index (χ1n) is 14.2. The Balaban J connectivity index is 1.47. The van der Waals surface area contributed by atoms with Crippen molar-refractivity contribution in [2.24, 2.45) is 50.2 Å². The first kappa shape index (κ1) is 24.6. The van der Waals surface area contributed by atoms with Gasteiger partial charge in [-0.25, -0.2) is 0 Å². The second-order valence-electron chi connectivity index (χ2n) is 15.4. The Labute approximate surface area is 210 Å². The van der Waals surface area contributed by atoms with Crippen molar-refractivity contribution in [3.8, 4) is 0 Å². The highest BCUT2D eigenvalue weighted by Crippen LogP contribution is 2.79. The van der Waals surface area contributed by atoms with Gasteiger partial charge in [0.05, 0.1) is 35.7 Å². The zero-order valence-electron chi connectivity index (χ0n) is 22.7. The van der Waals surface area contributed by atoms with Crippen LogP contribution in [0.15, 0.2) is 0 Å². The molecule has 1 spiro atoms. The summed E-state index contributed by atoms with van der Waals surface area (Å²) in [4.78, 5) is 27.2. The van der Waals surface area contributed by atoms with Crippen LogP contribution in [0.4, 0.5) is 0 Å². The lowest BCUT2D eigenvalue weighted by atomic mass is 9.30. The van der Waals surface area contributed by atoms with Gasteiger partial charge in [0.15, 0.2) is 0 Å². The number of Topliss-reactive ketones (excluding diaryl/α,β-unsaturated/α-hetero) is 2. The SMILES string of the molecule is CC1(C)C[C@@H]2[C@]3(CO[C@@]24CC[C@@H]2[C@@]5(C)CCC(=O)[C@@](C)(CO)[C@@H]5CC[C@@]2(C)[C@]4(C)CC3=O)[C@@H](O)C1. The Morgan fingerprint density at radius 2 is 1.57 bits per heavy atom. The minimum Gasteiger partial charge on any atom is -0.395 e. The Kier molecular flexibility index (Phi) is 4.77. The van der Waals surface area contributed by atoms with Crippen LogP contribution in [0.5, 0.6) is 0 Å². The fraction of sp³-hybridized carbons (Fsp3) is 0.933. The van der Waals surface area contributed by atoms with Crippen LogP contribution in [-0.2, 0) is 14.3 Å². The molecular formula is C30H46O5. The van der Waals surface area contributed by atoms with E-state index in [1.165, 1.54) is 0 Å². The number of aliphatic hydroxyl groups excluding tert-OH is 2. The molecule has 5 saturated carbocycles. The minimum atomic E-state index is -0.730. The minimum absolute atomic E-state index is 0.0130. The van der Waals surface area contributed by atoms with Crippen molar-refractivity contribution in [3.05, 3.63) is 0 Å². The van der Waals surface area contributed by atoms with E-state index in [0.29, 0.717) is 31.8 Å². The topological polar surface area (TPSA) is 83.8 Å². The predicted molar refractivity (Wildman–Crippen MR) is 132 cm³/mol. The fourth-order valence-electron chi connectivity index (χ4n) is 11.8. The van der Waals surface area contributed by atoms with Gasteiger partial charge in [-0.15, -0.1) is 0 Å². The summed E-state index contributed by atoms with van der Waals surface area (Å²) in [5.41, 5.74) is -2.21. The summed E-state index contributed by atoms with van der Waals surface area (Å²) in [7, 11) is 0. The third kappa shape index (κ3) is 2.48. The summed E-state index contributed by atoms with van der Waals surface area (Å²) in [6.45, 7) is 13.9. The van der Waals surface area contributed by atoms with E-state index < -0.39 is 16.9 Å². The highest BCUT2D eigenvalue weighted by Gasteiger charge is 2.81. The maximum atomic E-state index is 14.1. The van der Waals surface area contributed by atoms with Crippen molar-refractivity contribution in [3.63, 3.8) is 0 Å².